The predicted octanol–water partition coefficient (Wildman–Crippen LogP) is 0.746. The fraction of sp³-hybridized carbons (Fsp3) is 0.100. The third-order valence-corrected chi connectivity index (χ3v) is 2.10. The summed E-state index contributed by atoms with van der Waals surface area (Å²) in [5.41, 5.74) is 0.730. The Balaban J connectivity index is 2.91. The lowest BCUT2D eigenvalue weighted by Crippen LogP contribution is -2.16. The molecule has 0 N–H and O–H groups in total. The number of hydrogen-bond donors (Lipinski definition) is 0. The molecule has 0 fully saturated rings. The molecule has 0 amide bonds. The molecule has 4 heteroatoms. The number of hydrogen-bond acceptors (Lipinski definition) is 3. The van der Waals surface area contributed by atoms with Crippen molar-refractivity contribution in [2.24, 2.45) is 7.05 Å². The molecule has 14 heavy (non-hydrogen) atoms. The first-order valence-corrected chi connectivity index (χ1v) is 4.14. The molecule has 0 aliphatic carbocycles. The molecule has 0 aliphatic heterocycles. The van der Waals surface area contributed by atoms with E-state index in [4.69, 9.17) is 0 Å². The average Bonchev–Trinajstić information content (AvgIpc) is 2.23. The van der Waals surface area contributed by atoms with Crippen LogP contribution in [0.15, 0.2) is 29.1 Å². The highest BCUT2D eigenvalue weighted by Gasteiger charge is 2.01. The van der Waals surface area contributed by atoms with Gasteiger partial charge in [-0.25, -0.2) is 4.98 Å². The highest BCUT2D eigenvalue weighted by molar-refractivity contribution is 5.81. The number of carbonyl (C=O) groups excluding carboxylic acids is 1. The maximum absolute atomic E-state index is 11.3. The van der Waals surface area contributed by atoms with E-state index in [1.165, 1.54) is 10.6 Å². The number of aromatic nitrogens is 2. The number of fused-ring (bicyclic) bond motifs is 1. The van der Waals surface area contributed by atoms with E-state index in [1.54, 1.807) is 25.2 Å². The second-order valence-corrected chi connectivity index (χ2v) is 3.00. The van der Waals surface area contributed by atoms with Crippen LogP contribution in [0.1, 0.15) is 10.5 Å². The summed E-state index contributed by atoms with van der Waals surface area (Å²) < 4.78 is 1.42. The van der Waals surface area contributed by atoms with E-state index in [9.17, 15) is 9.59 Å². The van der Waals surface area contributed by atoms with E-state index >= 15 is 0 Å². The molecule has 0 unspecified atom stereocenters. The smallest absolute Gasteiger partial charge is 0.251 e. The van der Waals surface area contributed by atoms with Crippen LogP contribution in [0.2, 0.25) is 0 Å². The predicted molar refractivity (Wildman–Crippen MR) is 52.4 cm³/mol. The molecule has 2 heterocycles. The second-order valence-electron chi connectivity index (χ2n) is 3.00. The minimum absolute atomic E-state index is 0.131. The van der Waals surface area contributed by atoms with Crippen LogP contribution in [0.4, 0.5) is 0 Å². The minimum atomic E-state index is -0.131. The highest BCUT2D eigenvalue weighted by atomic mass is 16.1. The zero-order chi connectivity index (χ0) is 10.1. The van der Waals surface area contributed by atoms with Crippen molar-refractivity contribution in [1.82, 2.24) is 9.55 Å². The van der Waals surface area contributed by atoms with E-state index in [0.29, 0.717) is 17.6 Å². The molecule has 0 bridgehead atoms. The molecule has 0 spiro atoms. The van der Waals surface area contributed by atoms with Crippen molar-refractivity contribution < 1.29 is 4.79 Å². The summed E-state index contributed by atoms with van der Waals surface area (Å²) in [5, 5.41) is 0.845. The Bertz CT molecular complexity index is 558. The molecule has 0 radical (unpaired) electrons. The molecule has 4 nitrogen and oxygen atoms in total. The van der Waals surface area contributed by atoms with Gasteiger partial charge in [-0.3, -0.25) is 14.2 Å². The quantitative estimate of drug-likeness (QED) is 0.620. The maximum Gasteiger partial charge on any atom is 0.251 e. The topological polar surface area (TPSA) is 52.0 Å². The van der Waals surface area contributed by atoms with Gasteiger partial charge in [-0.1, -0.05) is 0 Å². The van der Waals surface area contributed by atoms with Crippen molar-refractivity contribution >= 4 is 17.3 Å². The van der Waals surface area contributed by atoms with Crippen molar-refractivity contribution in [3.63, 3.8) is 0 Å². The number of pyridine rings is 2. The highest BCUT2D eigenvalue weighted by Crippen LogP contribution is 2.08. The molecular weight excluding hydrogens is 180 g/mol. The van der Waals surface area contributed by atoms with Gasteiger partial charge in [0.25, 0.3) is 5.56 Å². The van der Waals surface area contributed by atoms with E-state index in [0.717, 1.165) is 5.39 Å². The molecule has 0 atom stereocenters. The summed E-state index contributed by atoms with van der Waals surface area (Å²) in [7, 11) is 1.63. The first-order valence-electron chi connectivity index (χ1n) is 4.14. The fourth-order valence-electron chi connectivity index (χ4n) is 1.32. The Hall–Kier alpha value is -1.97. The number of carbonyl (C=O) groups is 1. The van der Waals surface area contributed by atoms with Gasteiger partial charge in [0.2, 0.25) is 0 Å². The van der Waals surface area contributed by atoms with E-state index in [1.807, 2.05) is 0 Å². The lowest BCUT2D eigenvalue weighted by Gasteiger charge is -2.02. The van der Waals surface area contributed by atoms with Crippen molar-refractivity contribution in [1.29, 1.82) is 0 Å². The average molecular weight is 188 g/mol. The molecule has 0 saturated carbocycles. The number of aldehydes is 1. The Morgan fingerprint density at radius 1 is 1.29 bits per heavy atom. The van der Waals surface area contributed by atoms with Gasteiger partial charge in [0.05, 0.1) is 0 Å². The van der Waals surface area contributed by atoms with Crippen LogP contribution < -0.4 is 5.56 Å². The van der Waals surface area contributed by atoms with Crippen LogP contribution in [0, 0.1) is 0 Å². The Labute approximate surface area is 79.8 Å². The number of rotatable bonds is 1. The van der Waals surface area contributed by atoms with Gasteiger partial charge in [-0.05, 0) is 18.2 Å². The Morgan fingerprint density at radius 3 is 2.71 bits per heavy atom. The van der Waals surface area contributed by atoms with Gasteiger partial charge in [0, 0.05) is 18.5 Å². The lowest BCUT2D eigenvalue weighted by molar-refractivity contribution is 0.111. The van der Waals surface area contributed by atoms with Crippen LogP contribution in [0.5, 0.6) is 0 Å². The molecule has 2 aromatic rings. The van der Waals surface area contributed by atoms with E-state index < -0.39 is 0 Å². The van der Waals surface area contributed by atoms with Crippen molar-refractivity contribution in [3.8, 4) is 0 Å². The molecule has 0 saturated heterocycles. The zero-order valence-corrected chi connectivity index (χ0v) is 7.60. The molecule has 2 rings (SSSR count). The van der Waals surface area contributed by atoms with Crippen LogP contribution in [-0.2, 0) is 7.05 Å². The summed E-state index contributed by atoms with van der Waals surface area (Å²) in [4.78, 5) is 25.8. The third kappa shape index (κ3) is 1.21. The van der Waals surface area contributed by atoms with Gasteiger partial charge in [-0.15, -0.1) is 0 Å². The van der Waals surface area contributed by atoms with Crippen LogP contribution >= 0.6 is 0 Å². The number of aryl methyl sites for hydroxylation is 1. The van der Waals surface area contributed by atoms with Gasteiger partial charge < -0.3 is 0 Å². The standard InChI is InChI=1S/C10H8N2O2/c1-12-9(14)5-3-7-2-4-8(6-13)11-10(7)12/h2-6H,1H3. The maximum atomic E-state index is 11.3. The van der Waals surface area contributed by atoms with Gasteiger partial charge in [0.15, 0.2) is 6.29 Å². The summed E-state index contributed by atoms with van der Waals surface area (Å²) >= 11 is 0. The van der Waals surface area contributed by atoms with Gasteiger partial charge in [-0.2, -0.15) is 0 Å². The molecule has 2 aromatic heterocycles. The Kier molecular flexibility index (Phi) is 1.89. The molecular formula is C10H8N2O2. The summed E-state index contributed by atoms with van der Waals surface area (Å²) in [6.07, 6.45) is 0.664. The summed E-state index contributed by atoms with van der Waals surface area (Å²) in [6, 6.07) is 6.56. The zero-order valence-electron chi connectivity index (χ0n) is 7.60. The first-order chi connectivity index (χ1) is 6.72. The Morgan fingerprint density at radius 2 is 2.00 bits per heavy atom. The number of nitrogens with zero attached hydrogens (tertiary/aromatic N) is 2. The monoisotopic (exact) mass is 188 g/mol. The second kappa shape index (κ2) is 3.06. The van der Waals surface area contributed by atoms with E-state index in [-0.39, 0.29) is 5.56 Å². The first kappa shape index (κ1) is 8.62. The van der Waals surface area contributed by atoms with Gasteiger partial charge in [0.1, 0.15) is 11.3 Å². The SMILES string of the molecule is Cn1c(=O)ccc2ccc(C=O)nc21. The normalized spacial score (nSPS) is 10.4. The van der Waals surface area contributed by atoms with Gasteiger partial charge >= 0.3 is 0 Å². The van der Waals surface area contributed by atoms with Crippen LogP contribution in [0.3, 0.4) is 0 Å². The van der Waals surface area contributed by atoms with Crippen molar-refractivity contribution in [2.45, 2.75) is 0 Å². The summed E-state index contributed by atoms with van der Waals surface area (Å²) in [5.74, 6) is 0. The fourth-order valence-corrected chi connectivity index (χ4v) is 1.32. The van der Waals surface area contributed by atoms with Crippen LogP contribution in [-0.4, -0.2) is 15.8 Å². The largest absolute Gasteiger partial charge is 0.296 e. The van der Waals surface area contributed by atoms with Crippen LogP contribution in [0.25, 0.3) is 11.0 Å². The minimum Gasteiger partial charge on any atom is -0.296 e. The molecule has 0 aromatic carbocycles. The molecule has 70 valence electrons. The van der Waals surface area contributed by atoms with Crippen molar-refractivity contribution in [2.75, 3.05) is 0 Å². The van der Waals surface area contributed by atoms with E-state index in [2.05, 4.69) is 4.98 Å². The third-order valence-electron chi connectivity index (χ3n) is 2.10. The lowest BCUT2D eigenvalue weighted by atomic mass is 10.2. The molecule has 0 aliphatic rings. The summed E-state index contributed by atoms with van der Waals surface area (Å²) in [6.45, 7) is 0. The van der Waals surface area contributed by atoms with Crippen molar-refractivity contribution in [3.05, 3.63) is 40.3 Å².